The minimum atomic E-state index is -0.138. The maximum atomic E-state index is 13.4. The minimum Gasteiger partial charge on any atom is -0.494 e. The van der Waals surface area contributed by atoms with E-state index < -0.39 is 0 Å². The first-order valence-electron chi connectivity index (χ1n) is 12.3. The van der Waals surface area contributed by atoms with Gasteiger partial charge in [-0.3, -0.25) is 14.5 Å². The Kier molecular flexibility index (Phi) is 8.98. The Balaban J connectivity index is 1.77. The summed E-state index contributed by atoms with van der Waals surface area (Å²) in [7, 11) is 0. The van der Waals surface area contributed by atoms with Crippen molar-refractivity contribution in [3.05, 3.63) is 35.5 Å². The maximum Gasteiger partial charge on any atom is 0.277 e. The molecule has 0 spiro atoms. The van der Waals surface area contributed by atoms with E-state index in [1.807, 2.05) is 24.3 Å². The van der Waals surface area contributed by atoms with Crippen LogP contribution in [0.2, 0.25) is 0 Å². The van der Waals surface area contributed by atoms with E-state index >= 15 is 0 Å². The Morgan fingerprint density at radius 3 is 2.16 bits per heavy atom. The Hall–Kier alpha value is -2.30. The zero-order valence-corrected chi connectivity index (χ0v) is 19.3. The summed E-state index contributed by atoms with van der Waals surface area (Å²) in [6.45, 7) is 7.16. The molecule has 1 saturated heterocycles. The van der Waals surface area contributed by atoms with Crippen molar-refractivity contribution in [2.45, 2.75) is 78.1 Å². The predicted octanol–water partition coefficient (Wildman–Crippen LogP) is 5.40. The zero-order valence-electron chi connectivity index (χ0n) is 19.3. The van der Waals surface area contributed by atoms with Crippen LogP contribution in [0.4, 0.5) is 0 Å². The van der Waals surface area contributed by atoms with Crippen LogP contribution in [0.3, 0.4) is 0 Å². The van der Waals surface area contributed by atoms with Gasteiger partial charge in [0.15, 0.2) is 0 Å². The second-order valence-electron chi connectivity index (χ2n) is 8.67. The Morgan fingerprint density at radius 2 is 1.48 bits per heavy atom. The molecular weight excluding hydrogens is 388 g/mol. The second-order valence-corrected chi connectivity index (χ2v) is 8.67. The van der Waals surface area contributed by atoms with Crippen LogP contribution in [0, 0.1) is 0 Å². The number of piperidine rings is 1. The van der Waals surface area contributed by atoms with Crippen molar-refractivity contribution in [2.75, 3.05) is 26.2 Å². The third-order valence-corrected chi connectivity index (χ3v) is 6.17. The van der Waals surface area contributed by atoms with E-state index in [0.29, 0.717) is 24.4 Å². The van der Waals surface area contributed by atoms with Crippen molar-refractivity contribution >= 4 is 17.4 Å². The molecule has 0 N–H and O–H groups in total. The van der Waals surface area contributed by atoms with Crippen molar-refractivity contribution in [2.24, 2.45) is 0 Å². The molecule has 5 heteroatoms. The summed E-state index contributed by atoms with van der Waals surface area (Å²) >= 11 is 0. The number of unbranched alkanes of at least 4 members (excludes halogenated alkanes) is 5. The lowest BCUT2D eigenvalue weighted by atomic mass is 10.0. The molecular formula is C26H38N2O3. The summed E-state index contributed by atoms with van der Waals surface area (Å²) in [6.07, 6.45) is 11.1. The summed E-state index contributed by atoms with van der Waals surface area (Å²) < 4.78 is 5.69. The zero-order chi connectivity index (χ0) is 22.1. The molecule has 0 bridgehead atoms. The van der Waals surface area contributed by atoms with E-state index in [1.54, 1.807) is 0 Å². The number of rotatable bonds is 12. The van der Waals surface area contributed by atoms with Gasteiger partial charge in [-0.25, -0.2) is 0 Å². The van der Waals surface area contributed by atoms with Crippen LogP contribution in [0.1, 0.15) is 83.6 Å². The average molecular weight is 427 g/mol. The number of carbonyl (C=O) groups excluding carboxylic acids is 2. The smallest absolute Gasteiger partial charge is 0.277 e. The van der Waals surface area contributed by atoms with Crippen LogP contribution < -0.4 is 4.74 Å². The number of nitrogens with zero attached hydrogens (tertiary/aromatic N) is 2. The van der Waals surface area contributed by atoms with Gasteiger partial charge in [0.1, 0.15) is 11.4 Å². The lowest BCUT2D eigenvalue weighted by Gasteiger charge is -2.29. The van der Waals surface area contributed by atoms with E-state index in [1.165, 1.54) is 37.0 Å². The molecule has 2 aliphatic heterocycles. The van der Waals surface area contributed by atoms with Crippen LogP contribution in [0.25, 0.3) is 5.57 Å². The number of carbonyl (C=O) groups is 2. The number of amides is 2. The van der Waals surface area contributed by atoms with Crippen molar-refractivity contribution in [3.8, 4) is 5.75 Å². The molecule has 3 rings (SSSR count). The third kappa shape index (κ3) is 5.90. The first-order chi connectivity index (χ1) is 15.2. The average Bonchev–Trinajstić information content (AvgIpc) is 3.05. The van der Waals surface area contributed by atoms with Crippen LogP contribution in [-0.2, 0) is 9.59 Å². The lowest BCUT2D eigenvalue weighted by Crippen LogP contribution is -2.37. The van der Waals surface area contributed by atoms with Crippen molar-refractivity contribution in [1.29, 1.82) is 0 Å². The number of benzene rings is 1. The quantitative estimate of drug-likeness (QED) is 0.332. The Labute approximate surface area is 187 Å². The number of likely N-dealkylation sites (tertiary alicyclic amines) is 1. The van der Waals surface area contributed by atoms with Gasteiger partial charge in [0.05, 0.1) is 12.2 Å². The van der Waals surface area contributed by atoms with Gasteiger partial charge in [0, 0.05) is 19.6 Å². The van der Waals surface area contributed by atoms with Crippen molar-refractivity contribution in [1.82, 2.24) is 9.80 Å². The molecule has 2 heterocycles. The van der Waals surface area contributed by atoms with Gasteiger partial charge in [-0.1, -0.05) is 58.1 Å². The highest BCUT2D eigenvalue weighted by molar-refractivity contribution is 6.35. The Bertz CT molecular complexity index is 763. The monoisotopic (exact) mass is 426 g/mol. The van der Waals surface area contributed by atoms with Crippen LogP contribution in [0.15, 0.2) is 30.0 Å². The van der Waals surface area contributed by atoms with Gasteiger partial charge in [0.25, 0.3) is 11.8 Å². The largest absolute Gasteiger partial charge is 0.494 e. The highest BCUT2D eigenvalue weighted by atomic mass is 16.5. The molecule has 2 aliphatic rings. The highest BCUT2D eigenvalue weighted by Crippen LogP contribution is 2.34. The van der Waals surface area contributed by atoms with Crippen molar-refractivity contribution in [3.63, 3.8) is 0 Å². The highest BCUT2D eigenvalue weighted by Gasteiger charge is 2.41. The summed E-state index contributed by atoms with van der Waals surface area (Å²) in [4.78, 5) is 30.4. The predicted molar refractivity (Wildman–Crippen MR) is 125 cm³/mol. The number of ether oxygens (including phenoxy) is 1. The standard InChI is InChI=1S/C26H38N2O3/c1-3-5-6-7-8-12-19-28-25(29)23(21-13-15-22(16-14-21)31-20-4-2)24(26(28)30)27-17-10-9-11-18-27/h13-16H,3-12,17-20H2,1-2H3. The van der Waals surface area contributed by atoms with Gasteiger partial charge in [-0.2, -0.15) is 0 Å². The second kappa shape index (κ2) is 11.9. The molecule has 0 saturated carbocycles. The van der Waals surface area contributed by atoms with Crippen LogP contribution >= 0.6 is 0 Å². The topological polar surface area (TPSA) is 49.9 Å². The van der Waals surface area contributed by atoms with E-state index in [-0.39, 0.29) is 11.8 Å². The van der Waals surface area contributed by atoms with Crippen LogP contribution in [0.5, 0.6) is 5.75 Å². The molecule has 0 radical (unpaired) electrons. The lowest BCUT2D eigenvalue weighted by molar-refractivity contribution is -0.137. The summed E-state index contributed by atoms with van der Waals surface area (Å²) in [5, 5.41) is 0. The summed E-state index contributed by atoms with van der Waals surface area (Å²) in [5.41, 5.74) is 1.99. The molecule has 0 aromatic heterocycles. The number of hydrogen-bond donors (Lipinski definition) is 0. The maximum absolute atomic E-state index is 13.4. The molecule has 170 valence electrons. The molecule has 31 heavy (non-hydrogen) atoms. The van der Waals surface area contributed by atoms with Gasteiger partial charge in [0.2, 0.25) is 0 Å². The molecule has 1 fully saturated rings. The molecule has 0 atom stereocenters. The Morgan fingerprint density at radius 1 is 0.806 bits per heavy atom. The SMILES string of the molecule is CCCCCCCCN1C(=O)C(c2ccc(OCCC)cc2)=C(N2CCCCC2)C1=O. The number of imide groups is 1. The van der Waals surface area contributed by atoms with E-state index in [4.69, 9.17) is 4.74 Å². The molecule has 1 aromatic carbocycles. The van der Waals surface area contributed by atoms with Gasteiger partial charge in [-0.15, -0.1) is 0 Å². The fourth-order valence-corrected chi connectivity index (χ4v) is 4.43. The minimum absolute atomic E-state index is 0.109. The fourth-order valence-electron chi connectivity index (χ4n) is 4.43. The summed E-state index contributed by atoms with van der Waals surface area (Å²) in [5.74, 6) is 0.551. The third-order valence-electron chi connectivity index (χ3n) is 6.17. The van der Waals surface area contributed by atoms with E-state index in [0.717, 1.165) is 56.5 Å². The van der Waals surface area contributed by atoms with Gasteiger partial charge >= 0.3 is 0 Å². The fraction of sp³-hybridized carbons (Fsp3) is 0.615. The molecule has 1 aromatic rings. The molecule has 0 aliphatic carbocycles. The van der Waals surface area contributed by atoms with Gasteiger partial charge in [-0.05, 0) is 49.8 Å². The number of hydrogen-bond acceptors (Lipinski definition) is 4. The van der Waals surface area contributed by atoms with Crippen LogP contribution in [-0.4, -0.2) is 47.9 Å². The van der Waals surface area contributed by atoms with Crippen molar-refractivity contribution < 1.29 is 14.3 Å². The normalized spacial score (nSPS) is 17.1. The van der Waals surface area contributed by atoms with E-state index in [9.17, 15) is 9.59 Å². The van der Waals surface area contributed by atoms with Gasteiger partial charge < -0.3 is 9.64 Å². The molecule has 0 unspecified atom stereocenters. The molecule has 2 amide bonds. The first-order valence-corrected chi connectivity index (χ1v) is 12.3. The summed E-state index contributed by atoms with van der Waals surface area (Å²) in [6, 6.07) is 7.65. The first kappa shape index (κ1) is 23.4. The molecule has 5 nitrogen and oxygen atoms in total. The van der Waals surface area contributed by atoms with E-state index in [2.05, 4.69) is 18.7 Å².